The minimum Gasteiger partial charge on any atom is -0.375 e. The summed E-state index contributed by atoms with van der Waals surface area (Å²) in [6, 6.07) is 3.35. The van der Waals surface area contributed by atoms with E-state index in [-0.39, 0.29) is 5.78 Å². The Morgan fingerprint density at radius 2 is 1.45 bits per heavy atom. The molecule has 0 spiro atoms. The topological polar surface area (TPSA) is 92.9 Å². The molecule has 0 fully saturated rings. The molecule has 0 amide bonds. The molecule has 7 heteroatoms. The van der Waals surface area contributed by atoms with Gasteiger partial charge in [-0.15, -0.1) is 0 Å². The standard InChI is InChI=1S/C13H18N4O3/c1-3-19-7-9-5-11(16-14-9)13(18)12-6-10(15-17-12)8-20-4-2/h5-6H,3-4,7-8H2,1-2H3,(H,14,16)(H,15,17). The Balaban J connectivity index is 2.02. The van der Waals surface area contributed by atoms with Crippen LogP contribution in [0.25, 0.3) is 0 Å². The summed E-state index contributed by atoms with van der Waals surface area (Å²) in [5.41, 5.74) is 2.18. The maximum atomic E-state index is 12.2. The highest BCUT2D eigenvalue weighted by Crippen LogP contribution is 2.09. The van der Waals surface area contributed by atoms with Crippen molar-refractivity contribution in [1.82, 2.24) is 20.4 Å². The average molecular weight is 278 g/mol. The smallest absolute Gasteiger partial charge is 0.233 e. The Kier molecular flexibility index (Phi) is 5.03. The maximum absolute atomic E-state index is 12.2. The van der Waals surface area contributed by atoms with Crippen LogP contribution in [0.15, 0.2) is 12.1 Å². The summed E-state index contributed by atoms with van der Waals surface area (Å²) in [6.07, 6.45) is 0. The molecule has 0 aliphatic heterocycles. The number of ketones is 1. The van der Waals surface area contributed by atoms with Gasteiger partial charge in [-0.3, -0.25) is 15.0 Å². The number of rotatable bonds is 8. The second kappa shape index (κ2) is 6.97. The first-order valence-corrected chi connectivity index (χ1v) is 6.53. The number of H-pyrrole nitrogens is 2. The Labute approximate surface area is 116 Å². The summed E-state index contributed by atoms with van der Waals surface area (Å²) in [5.74, 6) is -0.233. The van der Waals surface area contributed by atoms with Crippen LogP contribution in [0.2, 0.25) is 0 Å². The highest BCUT2D eigenvalue weighted by Gasteiger charge is 2.16. The fraction of sp³-hybridized carbons (Fsp3) is 0.462. The summed E-state index contributed by atoms with van der Waals surface area (Å²) in [5, 5.41) is 13.5. The van der Waals surface area contributed by atoms with E-state index in [1.54, 1.807) is 12.1 Å². The Morgan fingerprint density at radius 3 is 1.85 bits per heavy atom. The molecule has 0 saturated carbocycles. The highest BCUT2D eigenvalue weighted by molar-refractivity contribution is 6.06. The van der Waals surface area contributed by atoms with Crippen LogP contribution in [0.1, 0.15) is 41.4 Å². The highest BCUT2D eigenvalue weighted by atomic mass is 16.5. The first kappa shape index (κ1) is 14.4. The lowest BCUT2D eigenvalue weighted by Gasteiger charge is -1.95. The predicted octanol–water partition coefficient (Wildman–Crippen LogP) is 1.44. The van der Waals surface area contributed by atoms with Crippen LogP contribution in [0.3, 0.4) is 0 Å². The first-order chi connectivity index (χ1) is 9.74. The van der Waals surface area contributed by atoms with Crippen LogP contribution in [0, 0.1) is 0 Å². The van der Waals surface area contributed by atoms with Gasteiger partial charge in [-0.05, 0) is 26.0 Å². The second-order valence-corrected chi connectivity index (χ2v) is 4.16. The molecular weight excluding hydrogens is 260 g/mol. The summed E-state index contributed by atoms with van der Waals surface area (Å²) >= 11 is 0. The predicted molar refractivity (Wildman–Crippen MR) is 71.3 cm³/mol. The number of aromatic nitrogens is 4. The number of aromatic amines is 2. The molecule has 0 aliphatic carbocycles. The van der Waals surface area contributed by atoms with Crippen LogP contribution in [-0.4, -0.2) is 39.4 Å². The molecule has 0 atom stereocenters. The monoisotopic (exact) mass is 278 g/mol. The van der Waals surface area contributed by atoms with Gasteiger partial charge in [-0.1, -0.05) is 0 Å². The van der Waals surface area contributed by atoms with E-state index in [1.807, 2.05) is 13.8 Å². The van der Waals surface area contributed by atoms with Gasteiger partial charge in [0.05, 0.1) is 24.6 Å². The third kappa shape index (κ3) is 3.52. The summed E-state index contributed by atoms with van der Waals surface area (Å²) in [6.45, 7) is 5.86. The molecule has 2 aromatic heterocycles. The first-order valence-electron chi connectivity index (χ1n) is 6.53. The Hall–Kier alpha value is -1.99. The third-order valence-electron chi connectivity index (χ3n) is 2.65. The van der Waals surface area contributed by atoms with E-state index in [0.29, 0.717) is 37.8 Å². The molecule has 7 nitrogen and oxygen atoms in total. The second-order valence-electron chi connectivity index (χ2n) is 4.16. The number of ether oxygens (including phenoxy) is 2. The SMILES string of the molecule is CCOCc1cc(C(=O)c2cc(COCC)[nH]n2)n[nH]1. The van der Waals surface area contributed by atoms with Crippen LogP contribution >= 0.6 is 0 Å². The van der Waals surface area contributed by atoms with Crippen molar-refractivity contribution in [1.29, 1.82) is 0 Å². The quantitative estimate of drug-likeness (QED) is 0.713. The van der Waals surface area contributed by atoms with Crippen LogP contribution < -0.4 is 0 Å². The molecule has 0 bridgehead atoms. The van der Waals surface area contributed by atoms with Gasteiger partial charge in [0.15, 0.2) is 0 Å². The summed E-state index contributed by atoms with van der Waals surface area (Å²) in [4.78, 5) is 12.2. The number of carbonyl (C=O) groups excluding carboxylic acids is 1. The van der Waals surface area contributed by atoms with Crippen LogP contribution in [0.4, 0.5) is 0 Å². The third-order valence-corrected chi connectivity index (χ3v) is 2.65. The van der Waals surface area contributed by atoms with Crippen molar-refractivity contribution in [3.63, 3.8) is 0 Å². The number of hydrogen-bond donors (Lipinski definition) is 2. The number of nitrogens with zero attached hydrogens (tertiary/aromatic N) is 2. The molecule has 0 saturated heterocycles. The molecule has 2 heterocycles. The zero-order valence-electron chi connectivity index (χ0n) is 11.6. The maximum Gasteiger partial charge on any atom is 0.233 e. The number of hydrogen-bond acceptors (Lipinski definition) is 5. The molecule has 20 heavy (non-hydrogen) atoms. The molecule has 108 valence electrons. The van der Waals surface area contributed by atoms with Crippen molar-refractivity contribution in [3.8, 4) is 0 Å². The van der Waals surface area contributed by atoms with Crippen molar-refractivity contribution in [3.05, 3.63) is 34.9 Å². The van der Waals surface area contributed by atoms with Gasteiger partial charge in [0, 0.05) is 13.2 Å². The van der Waals surface area contributed by atoms with Crippen molar-refractivity contribution >= 4 is 5.78 Å². The van der Waals surface area contributed by atoms with Gasteiger partial charge in [-0.2, -0.15) is 10.2 Å². The minimum atomic E-state index is -0.233. The largest absolute Gasteiger partial charge is 0.375 e. The van der Waals surface area contributed by atoms with Gasteiger partial charge in [-0.25, -0.2) is 0 Å². The van der Waals surface area contributed by atoms with Gasteiger partial charge in [0.1, 0.15) is 11.4 Å². The normalized spacial score (nSPS) is 10.9. The summed E-state index contributed by atoms with van der Waals surface area (Å²) in [7, 11) is 0. The van der Waals surface area contributed by atoms with Gasteiger partial charge in [0.2, 0.25) is 5.78 Å². The van der Waals surface area contributed by atoms with Gasteiger partial charge in [0.25, 0.3) is 0 Å². The Morgan fingerprint density at radius 1 is 1.00 bits per heavy atom. The Bertz CT molecular complexity index is 513. The molecule has 0 aromatic carbocycles. The fourth-order valence-corrected chi connectivity index (χ4v) is 1.66. The van der Waals surface area contributed by atoms with Crippen molar-refractivity contribution < 1.29 is 14.3 Å². The lowest BCUT2D eigenvalue weighted by Crippen LogP contribution is -2.02. The van der Waals surface area contributed by atoms with E-state index in [4.69, 9.17) is 9.47 Å². The lowest BCUT2D eigenvalue weighted by molar-refractivity contribution is 0.102. The van der Waals surface area contributed by atoms with E-state index >= 15 is 0 Å². The number of nitrogens with one attached hydrogen (secondary N) is 2. The van der Waals surface area contributed by atoms with Gasteiger partial charge >= 0.3 is 0 Å². The van der Waals surface area contributed by atoms with E-state index in [1.165, 1.54) is 0 Å². The van der Waals surface area contributed by atoms with E-state index in [0.717, 1.165) is 11.4 Å². The molecule has 2 rings (SSSR count). The molecular formula is C13H18N4O3. The summed E-state index contributed by atoms with van der Waals surface area (Å²) < 4.78 is 10.5. The van der Waals surface area contributed by atoms with E-state index < -0.39 is 0 Å². The lowest BCUT2D eigenvalue weighted by atomic mass is 10.2. The molecule has 0 unspecified atom stereocenters. The van der Waals surface area contributed by atoms with Crippen molar-refractivity contribution in [2.24, 2.45) is 0 Å². The van der Waals surface area contributed by atoms with Crippen molar-refractivity contribution in [2.45, 2.75) is 27.1 Å². The van der Waals surface area contributed by atoms with Crippen molar-refractivity contribution in [2.75, 3.05) is 13.2 Å². The molecule has 2 aromatic rings. The minimum absolute atomic E-state index is 0.233. The van der Waals surface area contributed by atoms with E-state index in [9.17, 15) is 4.79 Å². The molecule has 0 aliphatic rings. The fourth-order valence-electron chi connectivity index (χ4n) is 1.66. The van der Waals surface area contributed by atoms with Gasteiger partial charge < -0.3 is 9.47 Å². The molecule has 2 N–H and O–H groups in total. The zero-order chi connectivity index (χ0) is 14.4. The number of carbonyl (C=O) groups is 1. The van der Waals surface area contributed by atoms with Crippen LogP contribution in [-0.2, 0) is 22.7 Å². The average Bonchev–Trinajstić information content (AvgIpc) is 3.11. The van der Waals surface area contributed by atoms with E-state index in [2.05, 4.69) is 20.4 Å². The zero-order valence-corrected chi connectivity index (χ0v) is 11.6. The van der Waals surface area contributed by atoms with Crippen LogP contribution in [0.5, 0.6) is 0 Å². The molecule has 0 radical (unpaired) electrons.